The van der Waals surface area contributed by atoms with Crippen molar-refractivity contribution in [2.75, 3.05) is 0 Å². The van der Waals surface area contributed by atoms with Crippen LogP contribution in [0.3, 0.4) is 0 Å². The highest BCUT2D eigenvalue weighted by Crippen LogP contribution is 2.51. The quantitative estimate of drug-likeness (QED) is 0.160. The van der Waals surface area contributed by atoms with Crippen molar-refractivity contribution in [2.24, 2.45) is 0 Å². The minimum atomic E-state index is -0.232. The molecule has 0 spiro atoms. The van der Waals surface area contributed by atoms with Crippen LogP contribution < -0.4 is 0 Å². The van der Waals surface area contributed by atoms with Gasteiger partial charge in [-0.1, -0.05) is 178 Å². The van der Waals surface area contributed by atoms with Gasteiger partial charge in [0.15, 0.2) is 23.3 Å². The number of hydrogen-bond donors (Lipinski definition) is 0. The first-order valence-corrected chi connectivity index (χ1v) is 22.4. The van der Waals surface area contributed by atoms with E-state index in [1.165, 1.54) is 48.9 Å². The van der Waals surface area contributed by atoms with E-state index >= 15 is 0 Å². The van der Waals surface area contributed by atoms with Gasteiger partial charge in [-0.05, 0) is 69.8 Å². The van der Waals surface area contributed by atoms with E-state index in [0.29, 0.717) is 17.5 Å². The van der Waals surface area contributed by atoms with Gasteiger partial charge in [0.2, 0.25) is 0 Å². The average molecular weight is 838 g/mol. The third-order valence-electron chi connectivity index (χ3n) is 12.6. The lowest BCUT2D eigenvalue weighted by Crippen LogP contribution is -2.15. The van der Waals surface area contributed by atoms with E-state index in [0.717, 1.165) is 55.3 Å². The molecule has 0 amide bonds. The maximum absolute atomic E-state index is 5.15. The number of benzene rings is 8. The van der Waals surface area contributed by atoms with Crippen LogP contribution in [0.5, 0.6) is 0 Å². The summed E-state index contributed by atoms with van der Waals surface area (Å²) in [4.78, 5) is 25.3. The second kappa shape index (κ2) is 15.2. The molecule has 3 heterocycles. The predicted octanol–water partition coefficient (Wildman–Crippen LogP) is 15.0. The van der Waals surface area contributed by atoms with Gasteiger partial charge < -0.3 is 0 Å². The van der Waals surface area contributed by atoms with Crippen LogP contribution in [0.4, 0.5) is 0 Å². The van der Waals surface area contributed by atoms with Gasteiger partial charge in [-0.25, -0.2) is 24.9 Å². The molecule has 0 aliphatic heterocycles. The number of fused-ring (bicyclic) bond motifs is 6. The van der Waals surface area contributed by atoms with E-state index in [1.54, 1.807) is 11.3 Å². The number of rotatable bonds is 7. The van der Waals surface area contributed by atoms with E-state index in [-0.39, 0.29) is 5.41 Å². The van der Waals surface area contributed by atoms with Crippen molar-refractivity contribution >= 4 is 31.5 Å². The Morgan fingerprint density at radius 1 is 0.328 bits per heavy atom. The summed E-state index contributed by atoms with van der Waals surface area (Å²) in [6.07, 6.45) is 0. The molecule has 0 unspecified atom stereocenters. The first kappa shape index (κ1) is 37.8. The molecule has 302 valence electrons. The van der Waals surface area contributed by atoms with Crippen LogP contribution in [-0.4, -0.2) is 24.9 Å². The van der Waals surface area contributed by atoms with E-state index in [4.69, 9.17) is 24.9 Å². The van der Waals surface area contributed by atoms with Crippen LogP contribution in [0.25, 0.3) is 110 Å². The van der Waals surface area contributed by atoms with Crippen LogP contribution >= 0.6 is 11.3 Å². The largest absolute Gasteiger partial charge is 0.228 e. The lowest BCUT2D eigenvalue weighted by molar-refractivity contribution is 0.661. The van der Waals surface area contributed by atoms with Gasteiger partial charge in [0.25, 0.3) is 0 Å². The average Bonchev–Trinajstić information content (AvgIpc) is 3.85. The summed E-state index contributed by atoms with van der Waals surface area (Å²) in [6.45, 7) is 4.70. The van der Waals surface area contributed by atoms with Gasteiger partial charge in [0, 0.05) is 59.0 Å². The molecule has 0 fully saturated rings. The zero-order valence-corrected chi connectivity index (χ0v) is 36.0. The molecule has 5 nitrogen and oxygen atoms in total. The highest BCUT2D eigenvalue weighted by molar-refractivity contribution is 7.26. The first-order chi connectivity index (χ1) is 31.4. The molecule has 0 radical (unpaired) electrons. The molecule has 12 rings (SSSR count). The van der Waals surface area contributed by atoms with Crippen molar-refractivity contribution in [1.29, 1.82) is 0 Å². The van der Waals surface area contributed by atoms with Crippen LogP contribution in [0.15, 0.2) is 200 Å². The standard InChI is InChI=1S/C58H39N5S/c1-58(2)48-33-41(26-29-43(48)44-30-27-42(34-49(44)58)51-35-50(36-16-7-3-8-17-36)59-54(60-51)37-18-9-4-10-19-37)40-28-31-52-47(32-40)45-24-15-25-46(53(45)64-52)57-62-55(38-20-11-5-12-21-38)61-56(63-57)39-22-13-6-14-23-39/h3-35H,1-2H3. The summed E-state index contributed by atoms with van der Waals surface area (Å²) >= 11 is 1.79. The van der Waals surface area contributed by atoms with Crippen molar-refractivity contribution < 1.29 is 0 Å². The van der Waals surface area contributed by atoms with Crippen LogP contribution in [0, 0.1) is 0 Å². The highest BCUT2D eigenvalue weighted by Gasteiger charge is 2.36. The zero-order chi connectivity index (χ0) is 42.8. The predicted molar refractivity (Wildman–Crippen MR) is 264 cm³/mol. The number of hydrogen-bond acceptors (Lipinski definition) is 6. The summed E-state index contributed by atoms with van der Waals surface area (Å²) < 4.78 is 2.39. The number of aromatic nitrogens is 5. The summed E-state index contributed by atoms with van der Waals surface area (Å²) in [7, 11) is 0. The Labute approximate surface area is 375 Å². The molecule has 64 heavy (non-hydrogen) atoms. The van der Waals surface area contributed by atoms with E-state index in [9.17, 15) is 0 Å². The normalized spacial score (nSPS) is 12.7. The lowest BCUT2D eigenvalue weighted by atomic mass is 9.81. The lowest BCUT2D eigenvalue weighted by Gasteiger charge is -2.22. The molecular weight excluding hydrogens is 799 g/mol. The second-order valence-corrected chi connectivity index (χ2v) is 17.9. The molecule has 6 heteroatoms. The number of nitrogens with zero attached hydrogens (tertiary/aromatic N) is 5. The molecule has 1 aliphatic rings. The Balaban J connectivity index is 0.916. The maximum Gasteiger partial charge on any atom is 0.165 e. The molecule has 8 aromatic carbocycles. The summed E-state index contributed by atoms with van der Waals surface area (Å²) in [5.41, 5.74) is 15.2. The van der Waals surface area contributed by atoms with E-state index < -0.39 is 0 Å². The van der Waals surface area contributed by atoms with Gasteiger partial charge >= 0.3 is 0 Å². The van der Waals surface area contributed by atoms with Crippen LogP contribution in [0.2, 0.25) is 0 Å². The summed E-state index contributed by atoms with van der Waals surface area (Å²) in [6, 6.07) is 70.3. The first-order valence-electron chi connectivity index (χ1n) is 21.6. The highest BCUT2D eigenvalue weighted by atomic mass is 32.1. The fourth-order valence-electron chi connectivity index (χ4n) is 9.23. The molecule has 11 aromatic rings. The molecule has 0 bridgehead atoms. The van der Waals surface area contributed by atoms with Crippen molar-refractivity contribution in [1.82, 2.24) is 24.9 Å². The monoisotopic (exact) mass is 837 g/mol. The van der Waals surface area contributed by atoms with Crippen molar-refractivity contribution in [3.8, 4) is 90.3 Å². The van der Waals surface area contributed by atoms with Crippen molar-refractivity contribution in [2.45, 2.75) is 19.3 Å². The van der Waals surface area contributed by atoms with Crippen molar-refractivity contribution in [3.63, 3.8) is 0 Å². The molecule has 1 aliphatic carbocycles. The van der Waals surface area contributed by atoms with Gasteiger partial charge in [0.05, 0.1) is 11.4 Å². The van der Waals surface area contributed by atoms with E-state index in [1.807, 2.05) is 60.7 Å². The maximum atomic E-state index is 5.15. The topological polar surface area (TPSA) is 64.5 Å². The molecule has 3 aromatic heterocycles. The second-order valence-electron chi connectivity index (χ2n) is 16.9. The van der Waals surface area contributed by atoms with Gasteiger partial charge in [-0.15, -0.1) is 11.3 Å². The Hall–Kier alpha value is -7.93. The summed E-state index contributed by atoms with van der Waals surface area (Å²) in [5.74, 6) is 2.70. The fraction of sp³-hybridized carbons (Fsp3) is 0.0517. The third-order valence-corrected chi connectivity index (χ3v) is 13.8. The number of thiophene rings is 1. The van der Waals surface area contributed by atoms with Gasteiger partial charge in [-0.2, -0.15) is 0 Å². The third kappa shape index (κ3) is 6.50. The Morgan fingerprint density at radius 2 is 0.797 bits per heavy atom. The fourth-order valence-corrected chi connectivity index (χ4v) is 10.4. The SMILES string of the molecule is CC1(C)c2cc(-c3ccc4sc5c(-c6nc(-c7ccccc7)nc(-c7ccccc7)n6)cccc5c4c3)ccc2-c2ccc(-c3cc(-c4ccccc4)nc(-c4ccccc4)n3)cc21. The van der Waals surface area contributed by atoms with Gasteiger partial charge in [-0.3, -0.25) is 0 Å². The van der Waals surface area contributed by atoms with Crippen molar-refractivity contribution in [3.05, 3.63) is 211 Å². The molecule has 0 N–H and O–H groups in total. The molecule has 0 atom stereocenters. The van der Waals surface area contributed by atoms with Gasteiger partial charge in [0.1, 0.15) is 0 Å². The molecule has 0 saturated carbocycles. The minimum Gasteiger partial charge on any atom is -0.228 e. The molecule has 0 saturated heterocycles. The zero-order valence-electron chi connectivity index (χ0n) is 35.2. The molecular formula is C58H39N5S. The van der Waals surface area contributed by atoms with E-state index in [2.05, 4.69) is 153 Å². The Morgan fingerprint density at radius 3 is 1.39 bits per heavy atom. The summed E-state index contributed by atoms with van der Waals surface area (Å²) in [5, 5.41) is 2.42. The van der Waals surface area contributed by atoms with Crippen LogP contribution in [-0.2, 0) is 5.41 Å². The minimum absolute atomic E-state index is 0.232. The Kier molecular flexibility index (Phi) is 8.95. The Bertz CT molecular complexity index is 3450. The smallest absolute Gasteiger partial charge is 0.165 e. The van der Waals surface area contributed by atoms with Crippen LogP contribution in [0.1, 0.15) is 25.0 Å².